The van der Waals surface area contributed by atoms with E-state index in [1.54, 1.807) is 0 Å². The molecule has 3 heterocycles. The average molecular weight is 251 g/mol. The molecule has 3 heteroatoms. The highest BCUT2D eigenvalue weighted by Gasteiger charge is 2.39. The van der Waals surface area contributed by atoms with E-state index in [0.29, 0.717) is 5.41 Å². The molecular weight excluding hydrogens is 222 g/mol. The van der Waals surface area contributed by atoms with Crippen LogP contribution in [0.1, 0.15) is 39.5 Å². The van der Waals surface area contributed by atoms with Crippen molar-refractivity contribution in [3.05, 3.63) is 0 Å². The van der Waals surface area contributed by atoms with Crippen molar-refractivity contribution in [3.63, 3.8) is 0 Å². The molecule has 3 aliphatic heterocycles. The second-order valence-corrected chi connectivity index (χ2v) is 7.15. The zero-order chi connectivity index (χ0) is 12.6. The molecule has 1 N–H and O–H groups in total. The van der Waals surface area contributed by atoms with Crippen LogP contribution in [0.25, 0.3) is 0 Å². The third kappa shape index (κ3) is 2.45. The fourth-order valence-corrected chi connectivity index (χ4v) is 4.35. The Hall–Kier alpha value is -0.120. The van der Waals surface area contributed by atoms with Gasteiger partial charge in [0.15, 0.2) is 0 Å². The van der Waals surface area contributed by atoms with Gasteiger partial charge in [-0.2, -0.15) is 0 Å². The first-order valence-corrected chi connectivity index (χ1v) is 7.86. The molecule has 3 saturated heterocycles. The molecule has 3 fully saturated rings. The molecule has 0 aliphatic carbocycles. The zero-order valence-corrected chi connectivity index (χ0v) is 12.1. The SMILES string of the molecule is CC1(C)CNCCC1N1CCCN2CCCC2C1. The summed E-state index contributed by atoms with van der Waals surface area (Å²) in [5, 5.41) is 3.57. The predicted octanol–water partition coefficient (Wildman–Crippen LogP) is 1.54. The van der Waals surface area contributed by atoms with Crippen molar-refractivity contribution >= 4 is 0 Å². The molecule has 0 aromatic heterocycles. The Balaban J connectivity index is 1.70. The molecule has 0 radical (unpaired) electrons. The minimum atomic E-state index is 0.437. The van der Waals surface area contributed by atoms with Gasteiger partial charge in [0.05, 0.1) is 0 Å². The minimum Gasteiger partial charge on any atom is -0.316 e. The fourth-order valence-electron chi connectivity index (χ4n) is 4.35. The molecular formula is C15H29N3. The Bertz CT molecular complexity index is 289. The molecule has 3 rings (SSSR count). The maximum atomic E-state index is 3.57. The average Bonchev–Trinajstić information content (AvgIpc) is 2.67. The molecule has 3 nitrogen and oxygen atoms in total. The zero-order valence-electron chi connectivity index (χ0n) is 12.1. The van der Waals surface area contributed by atoms with Crippen LogP contribution in [-0.4, -0.2) is 61.2 Å². The number of nitrogens with one attached hydrogen (secondary N) is 1. The van der Waals surface area contributed by atoms with Crippen LogP contribution in [0.4, 0.5) is 0 Å². The molecule has 3 aliphatic rings. The van der Waals surface area contributed by atoms with Gasteiger partial charge in [-0.15, -0.1) is 0 Å². The van der Waals surface area contributed by atoms with Crippen LogP contribution in [0.3, 0.4) is 0 Å². The maximum Gasteiger partial charge on any atom is 0.0223 e. The van der Waals surface area contributed by atoms with Crippen molar-refractivity contribution in [2.24, 2.45) is 5.41 Å². The van der Waals surface area contributed by atoms with Gasteiger partial charge in [0.1, 0.15) is 0 Å². The van der Waals surface area contributed by atoms with Gasteiger partial charge < -0.3 is 5.32 Å². The Morgan fingerprint density at radius 1 is 1.00 bits per heavy atom. The summed E-state index contributed by atoms with van der Waals surface area (Å²) in [4.78, 5) is 5.57. The minimum absolute atomic E-state index is 0.437. The summed E-state index contributed by atoms with van der Waals surface area (Å²) in [6.07, 6.45) is 5.56. The van der Waals surface area contributed by atoms with Crippen molar-refractivity contribution < 1.29 is 0 Å². The standard InChI is InChI=1S/C15H29N3/c1-15(2)12-16-7-6-14(15)18-10-4-9-17-8-3-5-13(17)11-18/h13-14,16H,3-12H2,1-2H3. The van der Waals surface area contributed by atoms with Crippen LogP contribution < -0.4 is 5.32 Å². The van der Waals surface area contributed by atoms with Crippen LogP contribution in [0.2, 0.25) is 0 Å². The molecule has 0 amide bonds. The van der Waals surface area contributed by atoms with E-state index in [-0.39, 0.29) is 0 Å². The van der Waals surface area contributed by atoms with E-state index < -0.39 is 0 Å². The Morgan fingerprint density at radius 2 is 1.78 bits per heavy atom. The fraction of sp³-hybridized carbons (Fsp3) is 1.00. The van der Waals surface area contributed by atoms with Crippen LogP contribution in [-0.2, 0) is 0 Å². The van der Waals surface area contributed by atoms with Gasteiger partial charge in [-0.1, -0.05) is 13.8 Å². The van der Waals surface area contributed by atoms with Gasteiger partial charge in [-0.3, -0.25) is 9.80 Å². The molecule has 18 heavy (non-hydrogen) atoms. The number of piperidine rings is 1. The molecule has 0 aromatic rings. The third-order valence-corrected chi connectivity index (χ3v) is 5.35. The van der Waals surface area contributed by atoms with Gasteiger partial charge >= 0.3 is 0 Å². The second kappa shape index (κ2) is 5.10. The highest BCUT2D eigenvalue weighted by molar-refractivity contribution is 4.95. The highest BCUT2D eigenvalue weighted by Crippen LogP contribution is 2.32. The number of hydrogen-bond acceptors (Lipinski definition) is 3. The van der Waals surface area contributed by atoms with Crippen molar-refractivity contribution in [2.45, 2.75) is 51.6 Å². The number of rotatable bonds is 1. The van der Waals surface area contributed by atoms with Crippen LogP contribution in [0.5, 0.6) is 0 Å². The molecule has 0 bridgehead atoms. The maximum absolute atomic E-state index is 3.57. The molecule has 0 aromatic carbocycles. The van der Waals surface area contributed by atoms with E-state index >= 15 is 0 Å². The van der Waals surface area contributed by atoms with E-state index in [4.69, 9.17) is 0 Å². The van der Waals surface area contributed by atoms with Gasteiger partial charge in [-0.05, 0) is 57.3 Å². The topological polar surface area (TPSA) is 18.5 Å². The Morgan fingerprint density at radius 3 is 2.61 bits per heavy atom. The predicted molar refractivity (Wildman–Crippen MR) is 75.8 cm³/mol. The molecule has 0 spiro atoms. The van der Waals surface area contributed by atoms with Crippen molar-refractivity contribution in [2.75, 3.05) is 39.3 Å². The number of hydrogen-bond donors (Lipinski definition) is 1. The quantitative estimate of drug-likeness (QED) is 0.763. The summed E-state index contributed by atoms with van der Waals surface area (Å²) in [7, 11) is 0. The smallest absolute Gasteiger partial charge is 0.0223 e. The molecule has 0 saturated carbocycles. The van der Waals surface area contributed by atoms with E-state index in [2.05, 4.69) is 29.0 Å². The summed E-state index contributed by atoms with van der Waals surface area (Å²) in [6.45, 7) is 12.6. The van der Waals surface area contributed by atoms with Gasteiger partial charge in [0.2, 0.25) is 0 Å². The highest BCUT2D eigenvalue weighted by atomic mass is 15.3. The van der Waals surface area contributed by atoms with Crippen molar-refractivity contribution in [1.82, 2.24) is 15.1 Å². The van der Waals surface area contributed by atoms with E-state index in [0.717, 1.165) is 12.1 Å². The van der Waals surface area contributed by atoms with Gasteiger partial charge in [0.25, 0.3) is 0 Å². The normalized spacial score (nSPS) is 38.3. The lowest BCUT2D eigenvalue weighted by molar-refractivity contribution is 0.0543. The monoisotopic (exact) mass is 251 g/mol. The Labute approximate surface area is 112 Å². The first-order chi connectivity index (χ1) is 8.67. The van der Waals surface area contributed by atoms with Crippen molar-refractivity contribution in [1.29, 1.82) is 0 Å². The number of fused-ring (bicyclic) bond motifs is 1. The van der Waals surface area contributed by atoms with Crippen molar-refractivity contribution in [3.8, 4) is 0 Å². The summed E-state index contributed by atoms with van der Waals surface area (Å²) < 4.78 is 0. The first kappa shape index (κ1) is 12.9. The molecule has 2 atom stereocenters. The molecule has 2 unspecified atom stereocenters. The summed E-state index contributed by atoms with van der Waals surface area (Å²) in [5.41, 5.74) is 0.437. The lowest BCUT2D eigenvalue weighted by atomic mass is 9.79. The largest absolute Gasteiger partial charge is 0.316 e. The summed E-state index contributed by atoms with van der Waals surface area (Å²) >= 11 is 0. The van der Waals surface area contributed by atoms with Gasteiger partial charge in [-0.25, -0.2) is 0 Å². The lowest BCUT2D eigenvalue weighted by Gasteiger charge is -2.46. The lowest BCUT2D eigenvalue weighted by Crippen LogP contribution is -2.56. The summed E-state index contributed by atoms with van der Waals surface area (Å²) in [6, 6.07) is 1.65. The van der Waals surface area contributed by atoms with E-state index in [1.807, 2.05) is 0 Å². The van der Waals surface area contributed by atoms with Crippen LogP contribution in [0, 0.1) is 5.41 Å². The third-order valence-electron chi connectivity index (χ3n) is 5.35. The van der Waals surface area contributed by atoms with E-state index in [9.17, 15) is 0 Å². The first-order valence-electron chi connectivity index (χ1n) is 7.86. The van der Waals surface area contributed by atoms with Crippen LogP contribution >= 0.6 is 0 Å². The summed E-state index contributed by atoms with van der Waals surface area (Å²) in [5.74, 6) is 0. The molecule has 104 valence electrons. The number of nitrogens with zero attached hydrogens (tertiary/aromatic N) is 2. The van der Waals surface area contributed by atoms with Gasteiger partial charge in [0, 0.05) is 25.2 Å². The van der Waals surface area contributed by atoms with Crippen LogP contribution in [0.15, 0.2) is 0 Å². The second-order valence-electron chi connectivity index (χ2n) is 7.15. The Kier molecular flexibility index (Phi) is 3.65. The van der Waals surface area contributed by atoms with E-state index in [1.165, 1.54) is 65.0 Å².